The molecule has 0 saturated heterocycles. The maximum absolute atomic E-state index is 13.4. The first-order valence-corrected chi connectivity index (χ1v) is 12.5. The summed E-state index contributed by atoms with van der Waals surface area (Å²) >= 11 is 12.8. The Morgan fingerprint density at radius 2 is 1.87 bits per heavy atom. The largest absolute Gasteiger partial charge is 0.497 e. The van der Waals surface area contributed by atoms with Crippen LogP contribution in [0.15, 0.2) is 93.5 Å². The highest BCUT2D eigenvalue weighted by Gasteiger charge is 2.39. The first-order valence-electron chi connectivity index (χ1n) is 11.7. The number of benzene rings is 3. The van der Waals surface area contributed by atoms with E-state index in [4.69, 9.17) is 47.9 Å². The smallest absolute Gasteiger partial charge is 0.345 e. The van der Waals surface area contributed by atoms with Gasteiger partial charge in [0.1, 0.15) is 28.7 Å². The van der Waals surface area contributed by atoms with Crippen LogP contribution < -0.4 is 20.8 Å². The molecule has 0 saturated carbocycles. The lowest BCUT2D eigenvalue weighted by atomic mass is 9.83. The minimum Gasteiger partial charge on any atom is -0.497 e. The van der Waals surface area contributed by atoms with Crippen LogP contribution in [0.2, 0.25) is 10.0 Å². The van der Waals surface area contributed by atoms with Crippen molar-refractivity contribution in [3.8, 4) is 34.6 Å². The molecule has 6 rings (SSSR count). The molecule has 0 spiro atoms. The zero-order chi connectivity index (χ0) is 27.3. The van der Waals surface area contributed by atoms with Crippen LogP contribution in [0.3, 0.4) is 0 Å². The van der Waals surface area contributed by atoms with Gasteiger partial charge in [0.05, 0.1) is 29.8 Å². The van der Waals surface area contributed by atoms with Crippen molar-refractivity contribution in [2.24, 2.45) is 5.73 Å². The van der Waals surface area contributed by atoms with Crippen LogP contribution in [0.5, 0.6) is 11.6 Å². The van der Waals surface area contributed by atoms with E-state index in [-0.39, 0.29) is 28.6 Å². The van der Waals surface area contributed by atoms with E-state index in [1.807, 2.05) is 30.3 Å². The number of hydrogen-bond acceptors (Lipinski definition) is 7. The number of halogens is 2. The summed E-state index contributed by atoms with van der Waals surface area (Å²) in [6.07, 6.45) is 0. The molecule has 2 aromatic heterocycles. The van der Waals surface area contributed by atoms with E-state index in [0.717, 1.165) is 0 Å². The first kappa shape index (κ1) is 24.6. The zero-order valence-corrected chi connectivity index (χ0v) is 21.8. The standard InChI is InChI=1S/C29H18Cl2N4O4/c1-37-18-9-7-15-11-20(29(36)38-23(15)13-18)26-25-24(19-10-8-16(30)12-22(19)31)21(14-32)27(33)39-28(25)35(34-26)17-5-3-2-4-6-17/h2-13,24H,33H2,1H3. The van der Waals surface area contributed by atoms with Crippen LogP contribution in [-0.2, 0) is 0 Å². The molecule has 5 aromatic rings. The Morgan fingerprint density at radius 3 is 2.59 bits per heavy atom. The highest BCUT2D eigenvalue weighted by Crippen LogP contribution is 2.49. The van der Waals surface area contributed by atoms with E-state index in [1.165, 1.54) is 7.11 Å². The molecule has 8 nitrogen and oxygen atoms in total. The van der Waals surface area contributed by atoms with Gasteiger partial charge in [-0.15, -0.1) is 0 Å². The lowest BCUT2D eigenvalue weighted by Crippen LogP contribution is -2.22. The van der Waals surface area contributed by atoms with Crippen molar-refractivity contribution in [1.29, 1.82) is 5.26 Å². The number of rotatable bonds is 4. The van der Waals surface area contributed by atoms with E-state index in [9.17, 15) is 10.1 Å². The number of hydrogen-bond donors (Lipinski definition) is 1. The minimum absolute atomic E-state index is 0.0951. The molecule has 39 heavy (non-hydrogen) atoms. The van der Waals surface area contributed by atoms with Crippen LogP contribution in [0, 0.1) is 11.3 Å². The van der Waals surface area contributed by atoms with Crippen molar-refractivity contribution in [2.75, 3.05) is 7.11 Å². The maximum atomic E-state index is 13.4. The number of nitriles is 1. The van der Waals surface area contributed by atoms with Gasteiger partial charge in [-0.3, -0.25) is 0 Å². The fourth-order valence-electron chi connectivity index (χ4n) is 4.71. The SMILES string of the molecule is COc1ccc2cc(-c3nn(-c4ccccc4)c4c3C(c3ccc(Cl)cc3Cl)C(C#N)=C(N)O4)c(=O)oc2c1. The third kappa shape index (κ3) is 4.09. The summed E-state index contributed by atoms with van der Waals surface area (Å²) in [6, 6.07) is 23.2. The third-order valence-corrected chi connectivity index (χ3v) is 7.08. The molecule has 10 heteroatoms. The van der Waals surface area contributed by atoms with Gasteiger partial charge in [-0.25, -0.2) is 4.79 Å². The molecule has 0 aliphatic carbocycles. The highest BCUT2D eigenvalue weighted by molar-refractivity contribution is 6.35. The summed E-state index contributed by atoms with van der Waals surface area (Å²) in [6.45, 7) is 0. The van der Waals surface area contributed by atoms with Crippen molar-refractivity contribution in [3.05, 3.63) is 116 Å². The molecule has 0 fully saturated rings. The predicted molar refractivity (Wildman–Crippen MR) is 147 cm³/mol. The minimum atomic E-state index is -0.804. The topological polar surface area (TPSA) is 116 Å². The monoisotopic (exact) mass is 556 g/mol. The van der Waals surface area contributed by atoms with E-state index >= 15 is 0 Å². The molecule has 192 valence electrons. The van der Waals surface area contributed by atoms with Crippen LogP contribution in [-0.4, -0.2) is 16.9 Å². The van der Waals surface area contributed by atoms with Gasteiger partial charge in [-0.1, -0.05) is 47.5 Å². The van der Waals surface area contributed by atoms with E-state index in [2.05, 4.69) is 6.07 Å². The fraction of sp³-hybridized carbons (Fsp3) is 0.0690. The van der Waals surface area contributed by atoms with Crippen molar-refractivity contribution in [1.82, 2.24) is 9.78 Å². The lowest BCUT2D eigenvalue weighted by Gasteiger charge is -2.25. The van der Waals surface area contributed by atoms with Gasteiger partial charge >= 0.3 is 5.63 Å². The maximum Gasteiger partial charge on any atom is 0.345 e. The summed E-state index contributed by atoms with van der Waals surface area (Å²) in [5, 5.41) is 16.3. The molecule has 1 aliphatic rings. The number of methoxy groups -OCH3 is 1. The second-order valence-electron chi connectivity index (χ2n) is 8.76. The number of aromatic nitrogens is 2. The molecule has 0 bridgehead atoms. The van der Waals surface area contributed by atoms with Crippen LogP contribution in [0.25, 0.3) is 27.9 Å². The molecule has 0 amide bonds. The van der Waals surface area contributed by atoms with Gasteiger partial charge in [0.15, 0.2) is 0 Å². The number of nitrogens with zero attached hydrogens (tertiary/aromatic N) is 3. The molecule has 1 unspecified atom stereocenters. The van der Waals surface area contributed by atoms with E-state index < -0.39 is 11.5 Å². The van der Waals surface area contributed by atoms with Crippen molar-refractivity contribution >= 4 is 34.2 Å². The Hall–Kier alpha value is -4.71. The summed E-state index contributed by atoms with van der Waals surface area (Å²) in [5.74, 6) is -0.101. The zero-order valence-electron chi connectivity index (χ0n) is 20.3. The Morgan fingerprint density at radius 1 is 1.08 bits per heavy atom. The summed E-state index contributed by atoms with van der Waals surface area (Å²) in [5.41, 5.74) is 8.20. The fourth-order valence-corrected chi connectivity index (χ4v) is 5.23. The second kappa shape index (κ2) is 9.55. The average molecular weight is 557 g/mol. The van der Waals surface area contributed by atoms with Crippen molar-refractivity contribution in [3.63, 3.8) is 0 Å². The molecule has 3 heterocycles. The van der Waals surface area contributed by atoms with Gasteiger partial charge in [0, 0.05) is 21.5 Å². The molecule has 3 aromatic carbocycles. The molecule has 1 aliphatic heterocycles. The van der Waals surface area contributed by atoms with Gasteiger partial charge in [-0.2, -0.15) is 15.0 Å². The van der Waals surface area contributed by atoms with Gasteiger partial charge in [0.2, 0.25) is 11.8 Å². The normalized spacial score (nSPS) is 14.6. The van der Waals surface area contributed by atoms with Crippen LogP contribution >= 0.6 is 23.2 Å². The molecule has 0 radical (unpaired) electrons. The summed E-state index contributed by atoms with van der Waals surface area (Å²) in [4.78, 5) is 13.4. The third-order valence-electron chi connectivity index (χ3n) is 6.52. The average Bonchev–Trinajstić information content (AvgIpc) is 3.31. The van der Waals surface area contributed by atoms with Crippen molar-refractivity contribution in [2.45, 2.75) is 5.92 Å². The number of fused-ring (bicyclic) bond motifs is 2. The number of allylic oxidation sites excluding steroid dienone is 1. The highest BCUT2D eigenvalue weighted by atomic mass is 35.5. The Balaban J connectivity index is 1.69. The number of ether oxygens (including phenoxy) is 2. The van der Waals surface area contributed by atoms with Crippen molar-refractivity contribution < 1.29 is 13.9 Å². The van der Waals surface area contributed by atoms with Crippen LogP contribution in [0.4, 0.5) is 0 Å². The second-order valence-corrected chi connectivity index (χ2v) is 9.60. The van der Waals surface area contributed by atoms with Gasteiger partial charge in [0.25, 0.3) is 0 Å². The molecular weight excluding hydrogens is 539 g/mol. The Kier molecular flexibility index (Phi) is 6.03. The first-order chi connectivity index (χ1) is 18.9. The molecule has 1 atom stereocenters. The Bertz CT molecular complexity index is 1910. The number of para-hydroxylation sites is 1. The molecule has 2 N–H and O–H groups in total. The van der Waals surface area contributed by atoms with Gasteiger partial charge in [-0.05, 0) is 48.0 Å². The lowest BCUT2D eigenvalue weighted by molar-refractivity contribution is 0.367. The van der Waals surface area contributed by atoms with Crippen LogP contribution in [0.1, 0.15) is 17.0 Å². The quantitative estimate of drug-likeness (QED) is 0.262. The summed E-state index contributed by atoms with van der Waals surface area (Å²) < 4.78 is 18.5. The summed E-state index contributed by atoms with van der Waals surface area (Å²) in [7, 11) is 1.53. The van der Waals surface area contributed by atoms with E-state index in [1.54, 1.807) is 47.1 Å². The number of nitrogens with two attached hydrogens (primary N) is 1. The Labute approximate surface area is 232 Å². The molecular formula is C29H18Cl2N4O4. The van der Waals surface area contributed by atoms with Gasteiger partial charge < -0.3 is 19.6 Å². The van der Waals surface area contributed by atoms with E-state index in [0.29, 0.717) is 43.6 Å². The predicted octanol–water partition coefficient (Wildman–Crippen LogP) is 6.18.